The minimum Gasteiger partial charge on any atom is -0.486 e. The summed E-state index contributed by atoms with van der Waals surface area (Å²) in [4.78, 5) is 23.1. The van der Waals surface area contributed by atoms with Crippen LogP contribution >= 0.6 is 72.9 Å². The standard InChI is InChI=1S/C18H21ClN4O4S.C13H17IN2O3.2H2S/c1-25-10-26-8-11-4-12-9-27-16-14(2-3-20-18(16)23(12)6-11)28-15-5-21-17(19)13(7-24)22-15;1-17-8-18-6-9-4-10-7-19-12-11(14)2-3-15-13(12)16(10)5-9;;/h2-3,5,11-12,24H,4,6-10H2,1H3;2-3,9-10H,4-8H2,1H3;2*1H2/t11?,12-;9?,10-;;/m00../s1. The number of halogens is 2. The van der Waals surface area contributed by atoms with Crippen LogP contribution in [0.25, 0.3) is 0 Å². The fourth-order valence-corrected chi connectivity index (χ4v) is 7.88. The van der Waals surface area contributed by atoms with Gasteiger partial charge in [-0.15, -0.1) is 0 Å². The van der Waals surface area contributed by atoms with Gasteiger partial charge in [0.2, 0.25) is 0 Å². The summed E-state index contributed by atoms with van der Waals surface area (Å²) >= 11 is 9.65. The zero-order chi connectivity index (χ0) is 32.8. The van der Waals surface area contributed by atoms with Crippen LogP contribution in [0.3, 0.4) is 0 Å². The van der Waals surface area contributed by atoms with E-state index in [1.807, 2.05) is 18.3 Å². The van der Waals surface area contributed by atoms with E-state index in [0.717, 1.165) is 70.7 Å². The van der Waals surface area contributed by atoms with Crippen molar-refractivity contribution < 1.29 is 33.5 Å². The molecule has 0 bridgehead atoms. The van der Waals surface area contributed by atoms with Crippen LogP contribution in [0.15, 0.2) is 40.6 Å². The van der Waals surface area contributed by atoms with E-state index in [1.165, 1.54) is 11.8 Å². The lowest BCUT2D eigenvalue weighted by molar-refractivity contribution is -0.0415. The minimum absolute atomic E-state index is 0. The molecule has 3 aromatic rings. The van der Waals surface area contributed by atoms with Crippen LogP contribution in [0.5, 0.6) is 11.5 Å². The molecule has 0 saturated carbocycles. The van der Waals surface area contributed by atoms with Crippen LogP contribution in [0.4, 0.5) is 11.6 Å². The van der Waals surface area contributed by atoms with E-state index in [2.05, 4.69) is 52.3 Å². The highest BCUT2D eigenvalue weighted by molar-refractivity contribution is 14.1. The molecule has 2 fully saturated rings. The Morgan fingerprint density at radius 1 is 0.898 bits per heavy atom. The molecule has 4 atom stereocenters. The van der Waals surface area contributed by atoms with E-state index < -0.39 is 0 Å². The fourth-order valence-electron chi connectivity index (χ4n) is 6.31. The maximum Gasteiger partial charge on any atom is 0.175 e. The number of aromatic nitrogens is 4. The molecular formula is C31H42ClIN6O7S3. The number of anilines is 2. The number of ether oxygens (including phenoxy) is 6. The summed E-state index contributed by atoms with van der Waals surface area (Å²) in [5.74, 6) is 4.45. The van der Waals surface area contributed by atoms with Gasteiger partial charge in [-0.2, -0.15) is 27.0 Å². The molecule has 1 N–H and O–H groups in total. The maximum absolute atomic E-state index is 9.35. The number of hydrogen-bond acceptors (Lipinski definition) is 14. The van der Waals surface area contributed by atoms with Crippen LogP contribution < -0.4 is 19.3 Å². The lowest BCUT2D eigenvalue weighted by Gasteiger charge is -2.33. The van der Waals surface area contributed by atoms with Gasteiger partial charge in [0.15, 0.2) is 28.3 Å². The molecule has 13 nitrogen and oxygen atoms in total. The molecule has 4 aliphatic heterocycles. The number of methoxy groups -OCH3 is 2. The Labute approximate surface area is 323 Å². The SMILES string of the molecule is COCOCC1C[C@H]2COc3c(I)ccnc3N2C1.COCOCC1C[C@H]2COc3c(Sc4cnc(Cl)c(CO)n4)ccnc3N2C1.S.S. The zero-order valence-electron chi connectivity index (χ0n) is 27.2. The fraction of sp³-hybridized carbons (Fsp3) is 0.548. The lowest BCUT2D eigenvalue weighted by atomic mass is 10.1. The van der Waals surface area contributed by atoms with Gasteiger partial charge in [0.05, 0.1) is 46.6 Å². The molecule has 2 saturated heterocycles. The van der Waals surface area contributed by atoms with Crippen LogP contribution in [0.1, 0.15) is 18.5 Å². The first-order chi connectivity index (χ1) is 23.0. The van der Waals surface area contributed by atoms with Gasteiger partial charge in [0, 0.05) is 51.5 Å². The monoisotopic (exact) mass is 868 g/mol. The number of nitrogens with zero attached hydrogens (tertiary/aromatic N) is 6. The molecule has 0 radical (unpaired) electrons. The van der Waals surface area contributed by atoms with Crippen molar-refractivity contribution in [1.82, 2.24) is 19.9 Å². The Hall–Kier alpha value is -1.55. The first-order valence-corrected chi connectivity index (χ1v) is 17.6. The largest absolute Gasteiger partial charge is 0.486 e. The quantitative estimate of drug-likeness (QED) is 0.165. The Morgan fingerprint density at radius 3 is 2.06 bits per heavy atom. The van der Waals surface area contributed by atoms with Crippen molar-refractivity contribution in [2.45, 2.75) is 41.5 Å². The second kappa shape index (κ2) is 19.3. The van der Waals surface area contributed by atoms with Gasteiger partial charge in [-0.3, -0.25) is 0 Å². The van der Waals surface area contributed by atoms with Crippen molar-refractivity contribution in [1.29, 1.82) is 0 Å². The molecule has 270 valence electrons. The summed E-state index contributed by atoms with van der Waals surface area (Å²) in [5.41, 5.74) is 0.356. The Balaban J connectivity index is 0.000000226. The van der Waals surface area contributed by atoms with Crippen molar-refractivity contribution >= 4 is 84.6 Å². The Morgan fingerprint density at radius 2 is 1.47 bits per heavy atom. The lowest BCUT2D eigenvalue weighted by Crippen LogP contribution is -2.39. The van der Waals surface area contributed by atoms with E-state index in [1.54, 1.807) is 26.6 Å². The number of aliphatic hydroxyl groups is 1. The highest BCUT2D eigenvalue weighted by atomic mass is 127. The predicted octanol–water partition coefficient (Wildman–Crippen LogP) is 4.50. The molecule has 2 unspecified atom stereocenters. The van der Waals surface area contributed by atoms with Crippen molar-refractivity contribution in [2.75, 3.05) is 77.1 Å². The third kappa shape index (κ3) is 9.66. The summed E-state index contributed by atoms with van der Waals surface area (Å²) in [6.07, 6.45) is 7.31. The Bertz CT molecular complexity index is 1520. The first-order valence-electron chi connectivity index (χ1n) is 15.3. The summed E-state index contributed by atoms with van der Waals surface area (Å²) < 4.78 is 34.0. The first kappa shape index (κ1) is 40.2. The molecular weight excluding hydrogens is 827 g/mol. The van der Waals surface area contributed by atoms with E-state index >= 15 is 0 Å². The van der Waals surface area contributed by atoms with Crippen LogP contribution in [0.2, 0.25) is 5.15 Å². The molecule has 4 aliphatic rings. The van der Waals surface area contributed by atoms with E-state index in [9.17, 15) is 5.11 Å². The van der Waals surface area contributed by atoms with Crippen molar-refractivity contribution in [3.05, 3.63) is 45.1 Å². The van der Waals surface area contributed by atoms with Crippen LogP contribution in [-0.2, 0) is 25.6 Å². The van der Waals surface area contributed by atoms with Gasteiger partial charge >= 0.3 is 0 Å². The number of rotatable bonds is 11. The van der Waals surface area contributed by atoms with Gasteiger partial charge in [-0.05, 0) is 47.6 Å². The number of hydrogen-bond donors (Lipinski definition) is 1. The summed E-state index contributed by atoms with van der Waals surface area (Å²) in [7, 11) is 3.27. The summed E-state index contributed by atoms with van der Waals surface area (Å²) in [6.45, 7) is 5.04. The van der Waals surface area contributed by atoms with Gasteiger partial charge in [0.25, 0.3) is 0 Å². The van der Waals surface area contributed by atoms with E-state index in [0.29, 0.717) is 61.4 Å². The van der Waals surface area contributed by atoms with Crippen molar-refractivity contribution in [2.24, 2.45) is 11.8 Å². The maximum atomic E-state index is 9.35. The molecule has 3 aromatic heterocycles. The smallest absolute Gasteiger partial charge is 0.175 e. The molecule has 49 heavy (non-hydrogen) atoms. The van der Waals surface area contributed by atoms with Crippen LogP contribution in [-0.4, -0.2) is 104 Å². The van der Waals surface area contributed by atoms with E-state index in [-0.39, 0.29) is 38.8 Å². The van der Waals surface area contributed by atoms with Crippen molar-refractivity contribution in [3.8, 4) is 11.5 Å². The summed E-state index contributed by atoms with van der Waals surface area (Å²) in [5, 5.41) is 10.2. The van der Waals surface area contributed by atoms with Gasteiger partial charge in [-0.25, -0.2) is 19.9 Å². The number of aliphatic hydroxyl groups excluding tert-OH is 1. The second-order valence-electron chi connectivity index (χ2n) is 11.6. The molecule has 18 heteroatoms. The van der Waals surface area contributed by atoms with Gasteiger partial charge in [0.1, 0.15) is 37.5 Å². The second-order valence-corrected chi connectivity index (χ2v) is 14.2. The third-order valence-corrected chi connectivity index (χ3v) is 10.4. The molecule has 0 aliphatic carbocycles. The zero-order valence-corrected chi connectivity index (χ0v) is 32.9. The normalized spacial score (nSPS) is 21.4. The van der Waals surface area contributed by atoms with Crippen LogP contribution in [0, 0.1) is 15.4 Å². The highest BCUT2D eigenvalue weighted by Crippen LogP contribution is 2.45. The highest BCUT2D eigenvalue weighted by Gasteiger charge is 2.40. The van der Waals surface area contributed by atoms with Gasteiger partial charge in [-0.1, -0.05) is 23.4 Å². The van der Waals surface area contributed by atoms with E-state index in [4.69, 9.17) is 40.0 Å². The molecule has 0 spiro atoms. The topological polar surface area (TPSA) is 134 Å². The molecule has 0 aromatic carbocycles. The molecule has 7 heterocycles. The average Bonchev–Trinajstić information content (AvgIpc) is 3.71. The molecule has 7 rings (SSSR count). The van der Waals surface area contributed by atoms with Crippen molar-refractivity contribution in [3.63, 3.8) is 0 Å². The molecule has 0 amide bonds. The minimum atomic E-state index is -0.257. The van der Waals surface area contributed by atoms with Gasteiger partial charge < -0.3 is 43.3 Å². The number of pyridine rings is 2. The number of fused-ring (bicyclic) bond motifs is 6. The average molecular weight is 869 g/mol. The predicted molar refractivity (Wildman–Crippen MR) is 204 cm³/mol. The third-order valence-electron chi connectivity index (χ3n) is 8.32. The summed E-state index contributed by atoms with van der Waals surface area (Å²) in [6, 6.07) is 4.60. The Kier molecular flexibility index (Phi) is 15.9.